The normalized spacial score (nSPS) is 24.8. The topological polar surface area (TPSA) is 18.5 Å². The average molecular weight is 377 g/mol. The first-order valence-corrected chi connectivity index (χ1v) is 16.1. The van der Waals surface area contributed by atoms with E-state index < -0.39 is 16.4 Å². The Bertz CT molecular complexity index is 607. The Morgan fingerprint density at radius 3 is 2.40 bits per heavy atom. The Balaban J connectivity index is 2.13. The Hall–Kier alpha value is -0.766. The van der Waals surface area contributed by atoms with Gasteiger partial charge in [-0.25, -0.2) is 0 Å². The van der Waals surface area contributed by atoms with Crippen LogP contribution < -0.4 is 0 Å². The molecule has 2 atom stereocenters. The van der Waals surface area contributed by atoms with Crippen LogP contribution in [0.3, 0.4) is 0 Å². The minimum Gasteiger partial charge on any atom is -0.491 e. The van der Waals surface area contributed by atoms with Crippen molar-refractivity contribution in [3.05, 3.63) is 23.5 Å². The fourth-order valence-electron chi connectivity index (χ4n) is 2.98. The van der Waals surface area contributed by atoms with Crippen LogP contribution in [-0.4, -0.2) is 28.6 Å². The zero-order chi connectivity index (χ0) is 18.9. The van der Waals surface area contributed by atoms with Gasteiger partial charge in [0, 0.05) is 12.8 Å². The number of rotatable bonds is 3. The molecule has 2 rings (SSSR count). The molecule has 1 aliphatic heterocycles. The number of allylic oxidation sites excluding steroid dienone is 2. The molecule has 1 heterocycles. The van der Waals surface area contributed by atoms with Gasteiger partial charge in [0.2, 0.25) is 0 Å². The Morgan fingerprint density at radius 2 is 1.80 bits per heavy atom. The summed E-state index contributed by atoms with van der Waals surface area (Å²) in [6, 6.07) is 0. The van der Waals surface area contributed by atoms with Crippen LogP contribution in [0, 0.1) is 11.5 Å². The maximum Gasteiger partial charge on any atom is 0.192 e. The van der Waals surface area contributed by atoms with Gasteiger partial charge >= 0.3 is 0 Å². The van der Waals surface area contributed by atoms with Crippen molar-refractivity contribution >= 4 is 16.4 Å². The van der Waals surface area contributed by atoms with Crippen molar-refractivity contribution in [2.45, 2.75) is 96.4 Å². The molecular formula is C21H36O2Si2. The molecule has 0 amide bonds. The van der Waals surface area contributed by atoms with Gasteiger partial charge in [0.1, 0.15) is 14.2 Å². The van der Waals surface area contributed by atoms with Crippen molar-refractivity contribution in [3.8, 4) is 11.5 Å². The van der Waals surface area contributed by atoms with Crippen molar-refractivity contribution in [2.75, 3.05) is 0 Å². The fourth-order valence-corrected chi connectivity index (χ4v) is 4.80. The van der Waals surface area contributed by atoms with Crippen LogP contribution in [0.25, 0.3) is 0 Å². The summed E-state index contributed by atoms with van der Waals surface area (Å²) in [6.07, 6.45) is 8.79. The van der Waals surface area contributed by atoms with Crippen molar-refractivity contribution in [3.63, 3.8) is 0 Å². The molecule has 0 N–H and O–H groups in total. The summed E-state index contributed by atoms with van der Waals surface area (Å²) < 4.78 is 13.0. The Morgan fingerprint density at radius 1 is 1.12 bits per heavy atom. The summed E-state index contributed by atoms with van der Waals surface area (Å²) in [4.78, 5) is 0. The van der Waals surface area contributed by atoms with Gasteiger partial charge < -0.3 is 9.16 Å². The second kappa shape index (κ2) is 7.46. The summed E-state index contributed by atoms with van der Waals surface area (Å²) in [5.74, 6) is 4.42. The van der Waals surface area contributed by atoms with Gasteiger partial charge in [-0.05, 0) is 48.7 Å². The maximum atomic E-state index is 6.79. The molecule has 0 saturated carbocycles. The van der Waals surface area contributed by atoms with E-state index in [1.54, 1.807) is 0 Å². The van der Waals surface area contributed by atoms with Crippen LogP contribution in [0.2, 0.25) is 37.8 Å². The van der Waals surface area contributed by atoms with E-state index in [-0.39, 0.29) is 17.2 Å². The van der Waals surface area contributed by atoms with E-state index in [4.69, 9.17) is 9.16 Å². The summed E-state index contributed by atoms with van der Waals surface area (Å²) in [7, 11) is -3.09. The molecule has 2 aliphatic rings. The third-order valence-electron chi connectivity index (χ3n) is 5.42. The molecule has 0 radical (unpaired) electrons. The van der Waals surface area contributed by atoms with Gasteiger partial charge in [-0.3, -0.25) is 0 Å². The molecule has 0 aromatic carbocycles. The van der Waals surface area contributed by atoms with Crippen LogP contribution in [0.1, 0.15) is 46.5 Å². The molecule has 0 unspecified atom stereocenters. The summed E-state index contributed by atoms with van der Waals surface area (Å²) in [5, 5.41) is 0.235. The number of ether oxygens (including phenoxy) is 1. The molecule has 0 spiro atoms. The molecule has 140 valence electrons. The lowest BCUT2D eigenvalue weighted by atomic mass is 10.00. The standard InChI is InChI=1S/C21H36O2Si2/c1-21(2,3)25(7,8)23-20-16-17(12-9-10-15-24(4,5)6)22-19-14-11-13-18(19)20/h9,12,17,20H,11,13-14,16H2,1-8H3/b12-9-/t17-,20+/m0/s1. The van der Waals surface area contributed by atoms with Crippen LogP contribution >= 0.6 is 0 Å². The van der Waals surface area contributed by atoms with Crippen molar-refractivity contribution < 1.29 is 9.16 Å². The zero-order valence-corrected chi connectivity index (χ0v) is 19.5. The molecule has 0 fully saturated rings. The highest BCUT2D eigenvalue weighted by atomic mass is 28.4. The first kappa shape index (κ1) is 20.5. The SMILES string of the molecule is CC(C)(C)[Si](C)(C)O[C@@H]1C[C@H](/C=C\C#C[Si](C)(C)C)OC2=C1CCC2. The third-order valence-corrected chi connectivity index (χ3v) is 10.8. The molecule has 0 aromatic heterocycles. The van der Waals surface area contributed by atoms with Gasteiger partial charge in [0.05, 0.1) is 11.9 Å². The predicted octanol–water partition coefficient (Wildman–Crippen LogP) is 6.04. The molecule has 0 aromatic rings. The lowest BCUT2D eigenvalue weighted by Gasteiger charge is -2.42. The zero-order valence-electron chi connectivity index (χ0n) is 17.5. The highest BCUT2D eigenvalue weighted by molar-refractivity contribution is 6.83. The van der Waals surface area contributed by atoms with Crippen molar-refractivity contribution in [2.24, 2.45) is 0 Å². The van der Waals surface area contributed by atoms with Gasteiger partial charge in [-0.2, -0.15) is 0 Å². The molecule has 2 nitrogen and oxygen atoms in total. The molecule has 0 saturated heterocycles. The van der Waals surface area contributed by atoms with E-state index in [0.29, 0.717) is 0 Å². The monoisotopic (exact) mass is 376 g/mol. The van der Waals surface area contributed by atoms with Gasteiger partial charge in [-0.1, -0.05) is 46.3 Å². The Labute approximate surface area is 157 Å². The fraction of sp³-hybridized carbons (Fsp3) is 0.714. The second-order valence-corrected chi connectivity index (χ2v) is 19.4. The second-order valence-electron chi connectivity index (χ2n) is 9.94. The van der Waals surface area contributed by atoms with Crippen molar-refractivity contribution in [1.82, 2.24) is 0 Å². The van der Waals surface area contributed by atoms with Crippen LogP contribution in [0.5, 0.6) is 0 Å². The Kier molecular flexibility index (Phi) is 6.13. The molecule has 25 heavy (non-hydrogen) atoms. The van der Waals surface area contributed by atoms with Crippen LogP contribution in [0.15, 0.2) is 23.5 Å². The number of hydrogen-bond donors (Lipinski definition) is 0. The largest absolute Gasteiger partial charge is 0.491 e. The molecule has 4 heteroatoms. The molecular weight excluding hydrogens is 340 g/mol. The van der Waals surface area contributed by atoms with Crippen LogP contribution in [-0.2, 0) is 9.16 Å². The van der Waals surface area contributed by atoms with Gasteiger partial charge in [0.15, 0.2) is 8.32 Å². The third kappa shape index (κ3) is 5.60. The quantitative estimate of drug-likeness (QED) is 0.441. The molecule has 0 bridgehead atoms. The van der Waals surface area contributed by atoms with E-state index >= 15 is 0 Å². The lowest BCUT2D eigenvalue weighted by Crippen LogP contribution is -2.46. The van der Waals surface area contributed by atoms with Gasteiger partial charge in [-0.15, -0.1) is 5.54 Å². The number of hydrogen-bond acceptors (Lipinski definition) is 2. The highest BCUT2D eigenvalue weighted by Crippen LogP contribution is 2.43. The van der Waals surface area contributed by atoms with E-state index in [2.05, 4.69) is 71.0 Å². The smallest absolute Gasteiger partial charge is 0.192 e. The van der Waals surface area contributed by atoms with E-state index in [0.717, 1.165) is 19.3 Å². The maximum absolute atomic E-state index is 6.79. The van der Waals surface area contributed by atoms with E-state index in [1.807, 2.05) is 6.08 Å². The van der Waals surface area contributed by atoms with Crippen LogP contribution in [0.4, 0.5) is 0 Å². The van der Waals surface area contributed by atoms with E-state index in [1.165, 1.54) is 17.8 Å². The lowest BCUT2D eigenvalue weighted by molar-refractivity contribution is 0.0670. The minimum atomic E-state index is -1.78. The van der Waals surface area contributed by atoms with Gasteiger partial charge in [0.25, 0.3) is 0 Å². The summed E-state index contributed by atoms with van der Waals surface area (Å²) in [6.45, 7) is 18.4. The first-order chi connectivity index (χ1) is 11.4. The minimum absolute atomic E-state index is 0.0996. The predicted molar refractivity (Wildman–Crippen MR) is 113 cm³/mol. The summed E-state index contributed by atoms with van der Waals surface area (Å²) >= 11 is 0. The van der Waals surface area contributed by atoms with Crippen molar-refractivity contribution in [1.29, 1.82) is 0 Å². The first-order valence-electron chi connectivity index (χ1n) is 9.65. The van der Waals surface area contributed by atoms with E-state index in [9.17, 15) is 0 Å². The highest BCUT2D eigenvalue weighted by Gasteiger charge is 2.42. The molecule has 1 aliphatic carbocycles. The summed E-state index contributed by atoms with van der Waals surface area (Å²) in [5.41, 5.74) is 4.82. The average Bonchev–Trinajstić information content (AvgIpc) is 2.89.